The molecule has 0 rings (SSSR count). The fourth-order valence-corrected chi connectivity index (χ4v) is 2.01. The van der Waals surface area contributed by atoms with E-state index in [0.717, 1.165) is 0 Å². The van der Waals surface area contributed by atoms with E-state index >= 15 is 0 Å². The topological polar surface area (TPSA) is 26.3 Å². The summed E-state index contributed by atoms with van der Waals surface area (Å²) in [5.41, 5.74) is 0.0185. The summed E-state index contributed by atoms with van der Waals surface area (Å²) in [5, 5.41) is 0. The van der Waals surface area contributed by atoms with Crippen LogP contribution in [0.3, 0.4) is 0 Å². The molecule has 3 heteroatoms. The van der Waals surface area contributed by atoms with Gasteiger partial charge in [0, 0.05) is 0 Å². The van der Waals surface area contributed by atoms with Gasteiger partial charge in [0.05, 0.1) is 8.07 Å². The van der Waals surface area contributed by atoms with Gasteiger partial charge in [-0.2, -0.15) is 0 Å². The normalized spacial score (nSPS) is 14.9. The van der Waals surface area contributed by atoms with E-state index in [2.05, 4.69) is 19.6 Å². The SMILES string of the molecule is C/C=C/C(OC=O)[Si](C)(C)C. The minimum Gasteiger partial charge on any atom is -0.464 e. The lowest BCUT2D eigenvalue weighted by atomic mass is 10.5. The van der Waals surface area contributed by atoms with Gasteiger partial charge in [0.15, 0.2) is 0 Å². The zero-order valence-electron chi connectivity index (χ0n) is 7.63. The van der Waals surface area contributed by atoms with E-state index < -0.39 is 8.07 Å². The van der Waals surface area contributed by atoms with E-state index in [1.54, 1.807) is 0 Å². The number of carbonyl (C=O) groups is 1. The molecule has 64 valence electrons. The van der Waals surface area contributed by atoms with Crippen molar-refractivity contribution in [3.63, 3.8) is 0 Å². The number of hydrogen-bond donors (Lipinski definition) is 0. The average molecular weight is 172 g/mol. The Balaban J connectivity index is 4.20. The Morgan fingerprint density at radius 1 is 1.36 bits per heavy atom. The summed E-state index contributed by atoms with van der Waals surface area (Å²) in [5.74, 6) is 0. The highest BCUT2D eigenvalue weighted by molar-refractivity contribution is 6.77. The van der Waals surface area contributed by atoms with Crippen molar-refractivity contribution in [1.82, 2.24) is 0 Å². The van der Waals surface area contributed by atoms with Crippen LogP contribution in [0.15, 0.2) is 12.2 Å². The minimum atomic E-state index is -1.37. The average Bonchev–Trinajstić information content (AvgIpc) is 1.85. The van der Waals surface area contributed by atoms with Crippen LogP contribution in [-0.2, 0) is 9.53 Å². The Bertz CT molecular complexity index is 147. The molecule has 0 saturated carbocycles. The van der Waals surface area contributed by atoms with Gasteiger partial charge in [-0.05, 0) is 6.92 Å². The molecule has 0 aromatic carbocycles. The smallest absolute Gasteiger partial charge is 0.293 e. The first-order valence-corrected chi connectivity index (χ1v) is 7.32. The molecule has 0 fully saturated rings. The van der Waals surface area contributed by atoms with Crippen LogP contribution < -0.4 is 0 Å². The number of allylic oxidation sites excluding steroid dienone is 1. The van der Waals surface area contributed by atoms with Crippen LogP contribution in [0.2, 0.25) is 19.6 Å². The second-order valence-electron chi connectivity index (χ2n) is 3.54. The van der Waals surface area contributed by atoms with Crippen LogP contribution in [0, 0.1) is 0 Å². The van der Waals surface area contributed by atoms with E-state index in [0.29, 0.717) is 6.47 Å². The number of rotatable bonds is 4. The number of carbonyl (C=O) groups excluding carboxylic acids is 1. The molecule has 0 bridgehead atoms. The molecule has 0 spiro atoms. The molecule has 1 atom stereocenters. The predicted molar refractivity (Wildman–Crippen MR) is 49.1 cm³/mol. The van der Waals surface area contributed by atoms with Gasteiger partial charge in [-0.15, -0.1) is 0 Å². The fourth-order valence-electron chi connectivity index (χ4n) is 0.773. The molecule has 0 aliphatic carbocycles. The van der Waals surface area contributed by atoms with Crippen LogP contribution in [0.4, 0.5) is 0 Å². The summed E-state index contributed by atoms with van der Waals surface area (Å²) in [6.07, 6.45) is 3.87. The van der Waals surface area contributed by atoms with Gasteiger partial charge in [-0.1, -0.05) is 31.8 Å². The van der Waals surface area contributed by atoms with Crippen molar-refractivity contribution in [2.75, 3.05) is 0 Å². The van der Waals surface area contributed by atoms with Crippen LogP contribution in [0.25, 0.3) is 0 Å². The highest BCUT2D eigenvalue weighted by Crippen LogP contribution is 2.11. The summed E-state index contributed by atoms with van der Waals surface area (Å²) in [7, 11) is -1.37. The Kier molecular flexibility index (Phi) is 4.11. The summed E-state index contributed by atoms with van der Waals surface area (Å²) in [6.45, 7) is 8.97. The first kappa shape index (κ1) is 10.4. The van der Waals surface area contributed by atoms with Crippen molar-refractivity contribution in [2.45, 2.75) is 32.3 Å². The van der Waals surface area contributed by atoms with Crippen LogP contribution in [0.1, 0.15) is 6.92 Å². The molecular formula is C8H16O2Si. The zero-order valence-corrected chi connectivity index (χ0v) is 8.63. The summed E-state index contributed by atoms with van der Waals surface area (Å²) < 4.78 is 4.94. The van der Waals surface area contributed by atoms with E-state index in [1.165, 1.54) is 0 Å². The molecule has 11 heavy (non-hydrogen) atoms. The number of ether oxygens (including phenoxy) is 1. The molecule has 0 saturated heterocycles. The standard InChI is InChI=1S/C8H16O2Si/c1-5-6-8(10-7-9)11(2,3)4/h5-8H,1-4H3/b6-5+. The van der Waals surface area contributed by atoms with Crippen molar-refractivity contribution < 1.29 is 9.53 Å². The van der Waals surface area contributed by atoms with E-state index in [1.807, 2.05) is 19.1 Å². The predicted octanol–water partition coefficient (Wildman–Crippen LogP) is 1.98. The minimum absolute atomic E-state index is 0.0185. The lowest BCUT2D eigenvalue weighted by Gasteiger charge is -2.23. The second-order valence-corrected chi connectivity index (χ2v) is 8.85. The van der Waals surface area contributed by atoms with Crippen molar-refractivity contribution in [2.24, 2.45) is 0 Å². The zero-order chi connectivity index (χ0) is 8.91. The monoisotopic (exact) mass is 172 g/mol. The summed E-state index contributed by atoms with van der Waals surface area (Å²) >= 11 is 0. The van der Waals surface area contributed by atoms with Gasteiger partial charge in [-0.3, -0.25) is 4.79 Å². The van der Waals surface area contributed by atoms with E-state index in [9.17, 15) is 4.79 Å². The van der Waals surface area contributed by atoms with Crippen LogP contribution in [-0.4, -0.2) is 20.3 Å². The third-order valence-electron chi connectivity index (χ3n) is 1.42. The third-order valence-corrected chi connectivity index (χ3v) is 3.46. The van der Waals surface area contributed by atoms with Gasteiger partial charge in [0.25, 0.3) is 6.47 Å². The molecule has 0 radical (unpaired) electrons. The molecule has 2 nitrogen and oxygen atoms in total. The van der Waals surface area contributed by atoms with Crippen molar-refractivity contribution in [1.29, 1.82) is 0 Å². The van der Waals surface area contributed by atoms with E-state index in [-0.39, 0.29) is 5.73 Å². The molecular weight excluding hydrogens is 156 g/mol. The van der Waals surface area contributed by atoms with Gasteiger partial charge >= 0.3 is 0 Å². The fraction of sp³-hybridized carbons (Fsp3) is 0.625. The molecule has 0 aliphatic rings. The second kappa shape index (κ2) is 4.33. The maximum Gasteiger partial charge on any atom is 0.293 e. The molecule has 0 aromatic rings. The van der Waals surface area contributed by atoms with Gasteiger partial charge < -0.3 is 4.74 Å². The molecule has 0 aliphatic heterocycles. The molecule has 0 aromatic heterocycles. The molecule has 1 unspecified atom stereocenters. The van der Waals surface area contributed by atoms with Gasteiger partial charge in [-0.25, -0.2) is 0 Å². The number of hydrogen-bond acceptors (Lipinski definition) is 2. The Morgan fingerprint density at radius 3 is 2.18 bits per heavy atom. The lowest BCUT2D eigenvalue weighted by Crippen LogP contribution is -2.38. The van der Waals surface area contributed by atoms with E-state index in [4.69, 9.17) is 4.74 Å². The molecule has 0 N–H and O–H groups in total. The highest BCUT2D eigenvalue weighted by atomic mass is 28.3. The first-order chi connectivity index (χ1) is 5.02. The first-order valence-electron chi connectivity index (χ1n) is 3.74. The maximum atomic E-state index is 10.1. The Morgan fingerprint density at radius 2 is 1.91 bits per heavy atom. The van der Waals surface area contributed by atoms with Crippen molar-refractivity contribution in [3.05, 3.63) is 12.2 Å². The highest BCUT2D eigenvalue weighted by Gasteiger charge is 2.25. The lowest BCUT2D eigenvalue weighted by molar-refractivity contribution is -0.129. The van der Waals surface area contributed by atoms with Crippen LogP contribution >= 0.6 is 0 Å². The Labute approximate surface area is 69.3 Å². The third kappa shape index (κ3) is 3.98. The van der Waals surface area contributed by atoms with Gasteiger partial charge in [0.1, 0.15) is 5.73 Å². The van der Waals surface area contributed by atoms with Crippen LogP contribution in [0.5, 0.6) is 0 Å². The summed E-state index contributed by atoms with van der Waals surface area (Å²) in [6, 6.07) is 0. The molecule has 0 amide bonds. The quantitative estimate of drug-likeness (QED) is 0.368. The maximum absolute atomic E-state index is 10.1. The largest absolute Gasteiger partial charge is 0.464 e. The Hall–Kier alpha value is -0.573. The van der Waals surface area contributed by atoms with Crippen molar-refractivity contribution >= 4 is 14.5 Å². The molecule has 0 heterocycles. The van der Waals surface area contributed by atoms with Crippen molar-refractivity contribution in [3.8, 4) is 0 Å². The van der Waals surface area contributed by atoms with Gasteiger partial charge in [0.2, 0.25) is 0 Å². The summed E-state index contributed by atoms with van der Waals surface area (Å²) in [4.78, 5) is 10.1.